The molecule has 7 nitrogen and oxygen atoms in total. The number of phenols is 1. The maximum Gasteiger partial charge on any atom is 0.290 e. The molecule has 5 rings (SSSR count). The molecule has 0 bridgehead atoms. The molecule has 36 heavy (non-hydrogen) atoms. The fraction of sp³-hybridized carbons (Fsp3) is 0.241. The molecular formula is C29H27NO6. The maximum absolute atomic E-state index is 13.9. The molecule has 0 fully saturated rings. The van der Waals surface area contributed by atoms with Gasteiger partial charge in [-0.05, 0) is 72.9 Å². The molecule has 7 heteroatoms. The van der Waals surface area contributed by atoms with Crippen molar-refractivity contribution in [3.63, 3.8) is 0 Å². The molecule has 4 aromatic rings. The van der Waals surface area contributed by atoms with Crippen molar-refractivity contribution in [3.05, 3.63) is 98.4 Å². The molecule has 0 saturated carbocycles. The lowest BCUT2D eigenvalue weighted by molar-refractivity contribution is 0.0730. The Balaban J connectivity index is 1.65. The summed E-state index contributed by atoms with van der Waals surface area (Å²) in [6.45, 7) is 4.15. The fourth-order valence-corrected chi connectivity index (χ4v) is 5.00. The Kier molecular flexibility index (Phi) is 5.92. The van der Waals surface area contributed by atoms with Gasteiger partial charge in [0.2, 0.25) is 5.76 Å². The van der Waals surface area contributed by atoms with Crippen molar-refractivity contribution >= 4 is 16.9 Å². The number of carbonyl (C=O) groups is 1. The lowest BCUT2D eigenvalue weighted by Crippen LogP contribution is -2.31. The second-order valence-corrected chi connectivity index (χ2v) is 9.06. The summed E-state index contributed by atoms with van der Waals surface area (Å²) in [6, 6.07) is 15.6. The summed E-state index contributed by atoms with van der Waals surface area (Å²) in [6.07, 6.45) is 0.571. The predicted octanol–water partition coefficient (Wildman–Crippen LogP) is 4.92. The molecule has 1 aliphatic heterocycles. The fourth-order valence-electron chi connectivity index (χ4n) is 5.00. The van der Waals surface area contributed by atoms with Gasteiger partial charge in [0.1, 0.15) is 11.3 Å². The Bertz CT molecular complexity index is 1540. The maximum atomic E-state index is 13.9. The highest BCUT2D eigenvalue weighted by Crippen LogP contribution is 2.41. The van der Waals surface area contributed by atoms with Gasteiger partial charge >= 0.3 is 0 Å². The normalized spacial score (nSPS) is 14.8. The van der Waals surface area contributed by atoms with E-state index in [4.69, 9.17) is 13.9 Å². The molecular weight excluding hydrogens is 458 g/mol. The van der Waals surface area contributed by atoms with Crippen molar-refractivity contribution in [2.24, 2.45) is 0 Å². The Morgan fingerprint density at radius 1 is 0.972 bits per heavy atom. The molecule has 0 spiro atoms. The minimum atomic E-state index is -0.679. The summed E-state index contributed by atoms with van der Waals surface area (Å²) in [7, 11) is 3.07. The largest absolute Gasteiger partial charge is 0.504 e. The summed E-state index contributed by atoms with van der Waals surface area (Å²) in [5.74, 6) is 0.718. The van der Waals surface area contributed by atoms with Crippen LogP contribution in [-0.2, 0) is 6.42 Å². The van der Waals surface area contributed by atoms with Gasteiger partial charge in [-0.25, -0.2) is 0 Å². The number of phenolic OH excluding ortho intramolecular Hbond substituents is 1. The molecule has 2 heterocycles. The number of aryl methyl sites for hydroxylation is 2. The summed E-state index contributed by atoms with van der Waals surface area (Å²) in [4.78, 5) is 29.2. The number of ether oxygens (including phenoxy) is 2. The van der Waals surface area contributed by atoms with Crippen LogP contribution >= 0.6 is 0 Å². The molecule has 0 radical (unpaired) electrons. The highest BCUT2D eigenvalue weighted by Gasteiger charge is 2.43. The second-order valence-electron chi connectivity index (χ2n) is 9.06. The Morgan fingerprint density at radius 2 is 1.72 bits per heavy atom. The van der Waals surface area contributed by atoms with E-state index in [-0.39, 0.29) is 28.6 Å². The zero-order chi connectivity index (χ0) is 25.6. The molecule has 1 atom stereocenters. The first-order chi connectivity index (χ1) is 17.3. The number of nitrogens with zero attached hydrogens (tertiary/aromatic N) is 1. The average Bonchev–Trinajstić information content (AvgIpc) is 3.14. The topological polar surface area (TPSA) is 89.2 Å². The molecule has 1 amide bonds. The smallest absolute Gasteiger partial charge is 0.290 e. The van der Waals surface area contributed by atoms with Crippen molar-refractivity contribution in [3.8, 4) is 17.2 Å². The lowest BCUT2D eigenvalue weighted by atomic mass is 9.96. The SMILES string of the molecule is COc1ccc(CCN2C(=O)c3oc4cc(C)cc(C)c4c(=O)c3C2c2ccc(O)c(OC)c2)cc1. The number of methoxy groups -OCH3 is 2. The highest BCUT2D eigenvalue weighted by atomic mass is 16.5. The minimum Gasteiger partial charge on any atom is -0.504 e. The van der Waals surface area contributed by atoms with Crippen LogP contribution < -0.4 is 14.9 Å². The standard InChI is InChI=1S/C29H27NO6/c1-16-13-17(2)24-23(14-16)36-28-25(27(24)32)26(19-7-10-21(31)22(15-19)35-4)30(29(28)33)12-11-18-5-8-20(34-3)9-6-18/h5-10,13-15,26,31H,11-12H2,1-4H3. The van der Waals surface area contributed by atoms with E-state index in [1.54, 1.807) is 30.2 Å². The number of amides is 1. The van der Waals surface area contributed by atoms with Crippen LogP contribution in [0.2, 0.25) is 0 Å². The Labute approximate surface area is 208 Å². The van der Waals surface area contributed by atoms with Crippen molar-refractivity contribution in [2.45, 2.75) is 26.3 Å². The van der Waals surface area contributed by atoms with Gasteiger partial charge < -0.3 is 23.9 Å². The van der Waals surface area contributed by atoms with Crippen molar-refractivity contribution < 1.29 is 23.8 Å². The third-order valence-electron chi connectivity index (χ3n) is 6.73. The second kappa shape index (κ2) is 9.07. The van der Waals surface area contributed by atoms with Crippen LogP contribution in [0.15, 0.2) is 63.8 Å². The molecule has 0 aliphatic carbocycles. The molecule has 184 valence electrons. The van der Waals surface area contributed by atoms with E-state index in [9.17, 15) is 14.7 Å². The number of hydrogen-bond acceptors (Lipinski definition) is 6. The van der Waals surface area contributed by atoms with E-state index in [0.717, 1.165) is 22.4 Å². The first-order valence-electron chi connectivity index (χ1n) is 11.7. The molecule has 1 unspecified atom stereocenters. The molecule has 1 N–H and O–H groups in total. The predicted molar refractivity (Wildman–Crippen MR) is 136 cm³/mol. The first-order valence-corrected chi connectivity index (χ1v) is 11.7. The lowest BCUT2D eigenvalue weighted by Gasteiger charge is -2.25. The van der Waals surface area contributed by atoms with Crippen LogP contribution in [0, 0.1) is 13.8 Å². The van der Waals surface area contributed by atoms with Crippen molar-refractivity contribution in [1.82, 2.24) is 4.90 Å². The number of aromatic hydroxyl groups is 1. The van der Waals surface area contributed by atoms with Crippen molar-refractivity contribution in [1.29, 1.82) is 0 Å². The van der Waals surface area contributed by atoms with Gasteiger partial charge in [0.25, 0.3) is 5.91 Å². The highest BCUT2D eigenvalue weighted by molar-refractivity contribution is 5.99. The molecule has 1 aliphatic rings. The van der Waals surface area contributed by atoms with Gasteiger partial charge in [-0.15, -0.1) is 0 Å². The van der Waals surface area contributed by atoms with E-state index >= 15 is 0 Å². The summed E-state index contributed by atoms with van der Waals surface area (Å²) in [5, 5.41) is 10.6. The van der Waals surface area contributed by atoms with Gasteiger partial charge in [0.15, 0.2) is 16.9 Å². The van der Waals surface area contributed by atoms with E-state index in [1.807, 2.05) is 44.2 Å². The number of hydrogen-bond donors (Lipinski definition) is 1. The van der Waals surface area contributed by atoms with E-state index in [1.165, 1.54) is 13.2 Å². The van der Waals surface area contributed by atoms with Crippen LogP contribution in [0.5, 0.6) is 17.2 Å². The van der Waals surface area contributed by atoms with Crippen LogP contribution in [0.1, 0.15) is 44.4 Å². The van der Waals surface area contributed by atoms with E-state index < -0.39 is 6.04 Å². The summed E-state index contributed by atoms with van der Waals surface area (Å²) < 4.78 is 16.7. The van der Waals surface area contributed by atoms with E-state index in [2.05, 4.69) is 0 Å². The zero-order valence-electron chi connectivity index (χ0n) is 20.6. The first kappa shape index (κ1) is 23.5. The van der Waals surface area contributed by atoms with Gasteiger partial charge in [0, 0.05) is 6.54 Å². The molecule has 3 aromatic carbocycles. The van der Waals surface area contributed by atoms with Gasteiger partial charge in [0.05, 0.1) is 31.2 Å². The average molecular weight is 486 g/mol. The quantitative estimate of drug-likeness (QED) is 0.417. The summed E-state index contributed by atoms with van der Waals surface area (Å²) >= 11 is 0. The number of rotatable bonds is 6. The van der Waals surface area contributed by atoms with Gasteiger partial charge in [-0.2, -0.15) is 0 Å². The number of fused-ring (bicyclic) bond motifs is 2. The monoisotopic (exact) mass is 485 g/mol. The van der Waals surface area contributed by atoms with Crippen LogP contribution in [-0.4, -0.2) is 36.7 Å². The zero-order valence-corrected chi connectivity index (χ0v) is 20.6. The molecule has 0 saturated heterocycles. The Hall–Kier alpha value is -4.26. The van der Waals surface area contributed by atoms with Crippen LogP contribution in [0.4, 0.5) is 0 Å². The number of carbonyl (C=O) groups excluding carboxylic acids is 1. The van der Waals surface area contributed by atoms with Crippen LogP contribution in [0.25, 0.3) is 11.0 Å². The van der Waals surface area contributed by atoms with Gasteiger partial charge in [-0.1, -0.05) is 24.3 Å². The van der Waals surface area contributed by atoms with E-state index in [0.29, 0.717) is 35.1 Å². The van der Waals surface area contributed by atoms with Crippen molar-refractivity contribution in [2.75, 3.05) is 20.8 Å². The van der Waals surface area contributed by atoms with Crippen LogP contribution in [0.3, 0.4) is 0 Å². The summed E-state index contributed by atoms with van der Waals surface area (Å²) in [5.41, 5.74) is 3.92. The molecule has 1 aromatic heterocycles. The Morgan fingerprint density at radius 3 is 2.42 bits per heavy atom. The minimum absolute atomic E-state index is 0.0209. The third-order valence-corrected chi connectivity index (χ3v) is 6.73. The number of benzene rings is 3. The van der Waals surface area contributed by atoms with Gasteiger partial charge in [-0.3, -0.25) is 9.59 Å². The third kappa shape index (κ3) is 3.86.